The zero-order valence-electron chi connectivity index (χ0n) is 18.1. The number of hydrogen-bond donors (Lipinski definition) is 0. The molecule has 2 amide bonds. The predicted octanol–water partition coefficient (Wildman–Crippen LogP) is 3.51. The molecule has 0 spiro atoms. The summed E-state index contributed by atoms with van der Waals surface area (Å²) in [6.45, 7) is 6.37. The quantitative estimate of drug-likeness (QED) is 0.625. The Bertz CT molecular complexity index is 1090. The second-order valence-corrected chi connectivity index (χ2v) is 7.55. The highest BCUT2D eigenvalue weighted by Gasteiger charge is 2.28. The van der Waals surface area contributed by atoms with Gasteiger partial charge in [0.05, 0.1) is 19.2 Å². The standard InChI is InChI=1S/C23H27N3O5/c1-4-30-23(28)25-10-8-24(9-11-25)22(27)20-14-21-19(12-16(2)31-21)26(20)15-17-6-5-7-18(13-17)29-3/h5-7,12-14H,4,8-11,15H2,1-3H3. The third kappa shape index (κ3) is 4.23. The van der Waals surface area contributed by atoms with Crippen LogP contribution in [-0.4, -0.2) is 66.3 Å². The number of furan rings is 1. The number of piperazine rings is 1. The molecule has 1 saturated heterocycles. The fourth-order valence-electron chi connectivity index (χ4n) is 3.93. The smallest absolute Gasteiger partial charge is 0.409 e. The largest absolute Gasteiger partial charge is 0.497 e. The molecule has 3 heterocycles. The first-order valence-corrected chi connectivity index (χ1v) is 10.4. The van der Waals surface area contributed by atoms with Crippen LogP contribution in [0.25, 0.3) is 11.1 Å². The van der Waals surface area contributed by atoms with E-state index in [4.69, 9.17) is 13.9 Å². The van der Waals surface area contributed by atoms with Crippen molar-refractivity contribution in [1.29, 1.82) is 0 Å². The average molecular weight is 425 g/mol. The van der Waals surface area contributed by atoms with Gasteiger partial charge in [0.15, 0.2) is 5.58 Å². The van der Waals surface area contributed by atoms with Gasteiger partial charge in [-0.05, 0) is 31.5 Å². The van der Waals surface area contributed by atoms with E-state index < -0.39 is 0 Å². The highest BCUT2D eigenvalue weighted by Crippen LogP contribution is 2.27. The predicted molar refractivity (Wildman–Crippen MR) is 116 cm³/mol. The first-order valence-electron chi connectivity index (χ1n) is 10.4. The first kappa shape index (κ1) is 20.8. The van der Waals surface area contributed by atoms with Gasteiger partial charge < -0.3 is 28.3 Å². The lowest BCUT2D eigenvalue weighted by Gasteiger charge is -2.34. The fraction of sp³-hybridized carbons (Fsp3) is 0.391. The van der Waals surface area contributed by atoms with Gasteiger partial charge in [0.1, 0.15) is 17.2 Å². The topological polar surface area (TPSA) is 77.2 Å². The van der Waals surface area contributed by atoms with E-state index in [1.165, 1.54) is 0 Å². The van der Waals surface area contributed by atoms with Crippen molar-refractivity contribution in [3.63, 3.8) is 0 Å². The Kier molecular flexibility index (Phi) is 5.88. The van der Waals surface area contributed by atoms with Crippen molar-refractivity contribution in [2.45, 2.75) is 20.4 Å². The van der Waals surface area contributed by atoms with Gasteiger partial charge in [-0.15, -0.1) is 0 Å². The van der Waals surface area contributed by atoms with Crippen LogP contribution >= 0.6 is 0 Å². The second kappa shape index (κ2) is 8.75. The normalized spacial score (nSPS) is 14.2. The van der Waals surface area contributed by atoms with Crippen molar-refractivity contribution in [2.24, 2.45) is 0 Å². The molecule has 8 nitrogen and oxygen atoms in total. The van der Waals surface area contributed by atoms with Crippen LogP contribution in [-0.2, 0) is 11.3 Å². The molecule has 0 N–H and O–H groups in total. The van der Waals surface area contributed by atoms with Crippen LogP contribution in [0.3, 0.4) is 0 Å². The second-order valence-electron chi connectivity index (χ2n) is 7.55. The molecule has 0 aliphatic carbocycles. The Balaban J connectivity index is 1.58. The fourth-order valence-corrected chi connectivity index (χ4v) is 3.93. The number of hydrogen-bond acceptors (Lipinski definition) is 5. The average Bonchev–Trinajstić information content (AvgIpc) is 3.30. The summed E-state index contributed by atoms with van der Waals surface area (Å²) in [6.07, 6.45) is -0.330. The molecule has 0 saturated carbocycles. The number of ether oxygens (including phenoxy) is 2. The number of benzene rings is 1. The molecule has 8 heteroatoms. The van der Waals surface area contributed by atoms with Gasteiger partial charge in [0, 0.05) is 44.9 Å². The molecule has 3 aromatic rings. The summed E-state index contributed by atoms with van der Waals surface area (Å²) in [5.74, 6) is 1.49. The summed E-state index contributed by atoms with van der Waals surface area (Å²) >= 11 is 0. The van der Waals surface area contributed by atoms with Crippen molar-refractivity contribution in [1.82, 2.24) is 14.4 Å². The maximum Gasteiger partial charge on any atom is 0.409 e. The summed E-state index contributed by atoms with van der Waals surface area (Å²) in [7, 11) is 1.64. The van der Waals surface area contributed by atoms with Crippen molar-refractivity contribution in [3.05, 3.63) is 53.4 Å². The lowest BCUT2D eigenvalue weighted by molar-refractivity contribution is 0.0563. The van der Waals surface area contributed by atoms with Crippen LogP contribution in [0.15, 0.2) is 40.8 Å². The number of fused-ring (bicyclic) bond motifs is 1. The maximum absolute atomic E-state index is 13.4. The molecule has 4 rings (SSSR count). The van der Waals surface area contributed by atoms with E-state index in [0.29, 0.717) is 50.6 Å². The number of carbonyl (C=O) groups is 2. The number of rotatable bonds is 5. The van der Waals surface area contributed by atoms with E-state index in [1.54, 1.807) is 23.8 Å². The number of aromatic nitrogens is 1. The summed E-state index contributed by atoms with van der Waals surface area (Å²) < 4.78 is 18.2. The number of carbonyl (C=O) groups excluding carboxylic acids is 2. The molecule has 0 unspecified atom stereocenters. The number of aryl methyl sites for hydroxylation is 1. The van der Waals surface area contributed by atoms with E-state index >= 15 is 0 Å². The van der Waals surface area contributed by atoms with Crippen molar-refractivity contribution >= 4 is 23.1 Å². The molecule has 1 aliphatic rings. The minimum absolute atomic E-state index is 0.0736. The Morgan fingerprint density at radius 3 is 2.52 bits per heavy atom. The number of nitrogens with zero attached hydrogens (tertiary/aromatic N) is 3. The number of amides is 2. The van der Waals surface area contributed by atoms with E-state index in [-0.39, 0.29) is 12.0 Å². The van der Waals surface area contributed by atoms with Crippen LogP contribution < -0.4 is 4.74 Å². The zero-order chi connectivity index (χ0) is 22.0. The lowest BCUT2D eigenvalue weighted by atomic mass is 10.2. The monoisotopic (exact) mass is 425 g/mol. The van der Waals surface area contributed by atoms with E-state index in [0.717, 1.165) is 22.6 Å². The van der Waals surface area contributed by atoms with Gasteiger partial charge in [-0.25, -0.2) is 4.79 Å². The van der Waals surface area contributed by atoms with E-state index in [9.17, 15) is 9.59 Å². The summed E-state index contributed by atoms with van der Waals surface area (Å²) in [5.41, 5.74) is 3.17. The Morgan fingerprint density at radius 1 is 1.06 bits per heavy atom. The van der Waals surface area contributed by atoms with Gasteiger partial charge in [-0.2, -0.15) is 0 Å². The molecule has 31 heavy (non-hydrogen) atoms. The molecule has 0 atom stereocenters. The van der Waals surface area contributed by atoms with Crippen LogP contribution in [0.1, 0.15) is 28.7 Å². The molecule has 1 fully saturated rings. The SMILES string of the molecule is CCOC(=O)N1CCN(C(=O)c2cc3oc(C)cc3n2Cc2cccc(OC)c2)CC1. The minimum Gasteiger partial charge on any atom is -0.497 e. The Labute approximate surface area is 180 Å². The van der Waals surface area contributed by atoms with Gasteiger partial charge >= 0.3 is 6.09 Å². The minimum atomic E-state index is -0.330. The van der Waals surface area contributed by atoms with Crippen molar-refractivity contribution < 1.29 is 23.5 Å². The number of methoxy groups -OCH3 is 1. The molecule has 1 aliphatic heterocycles. The van der Waals surface area contributed by atoms with Gasteiger partial charge in [0.2, 0.25) is 0 Å². The molecular formula is C23H27N3O5. The highest BCUT2D eigenvalue weighted by molar-refractivity contribution is 5.98. The van der Waals surface area contributed by atoms with Crippen LogP contribution in [0, 0.1) is 6.92 Å². The van der Waals surface area contributed by atoms with E-state index in [1.807, 2.05) is 47.9 Å². The third-order valence-electron chi connectivity index (χ3n) is 5.50. The van der Waals surface area contributed by atoms with Crippen LogP contribution in [0.4, 0.5) is 4.79 Å². The Hall–Kier alpha value is -3.42. The summed E-state index contributed by atoms with van der Waals surface area (Å²) in [4.78, 5) is 28.7. The third-order valence-corrected chi connectivity index (χ3v) is 5.50. The lowest BCUT2D eigenvalue weighted by Crippen LogP contribution is -2.51. The van der Waals surface area contributed by atoms with E-state index in [2.05, 4.69) is 0 Å². The molecule has 2 aromatic heterocycles. The molecular weight excluding hydrogens is 398 g/mol. The van der Waals surface area contributed by atoms with Gasteiger partial charge in [-0.3, -0.25) is 4.79 Å². The van der Waals surface area contributed by atoms with Crippen molar-refractivity contribution in [3.8, 4) is 5.75 Å². The van der Waals surface area contributed by atoms with Gasteiger partial charge in [-0.1, -0.05) is 12.1 Å². The Morgan fingerprint density at radius 2 is 1.81 bits per heavy atom. The summed E-state index contributed by atoms with van der Waals surface area (Å²) in [5, 5.41) is 0. The van der Waals surface area contributed by atoms with Crippen LogP contribution in [0.2, 0.25) is 0 Å². The maximum atomic E-state index is 13.4. The van der Waals surface area contributed by atoms with Gasteiger partial charge in [0.25, 0.3) is 5.91 Å². The van der Waals surface area contributed by atoms with Crippen LogP contribution in [0.5, 0.6) is 5.75 Å². The molecule has 0 bridgehead atoms. The molecule has 164 valence electrons. The highest BCUT2D eigenvalue weighted by atomic mass is 16.6. The first-order chi connectivity index (χ1) is 15.0. The molecule has 1 aromatic carbocycles. The van der Waals surface area contributed by atoms with Crippen molar-refractivity contribution in [2.75, 3.05) is 39.9 Å². The molecule has 0 radical (unpaired) electrons. The summed E-state index contributed by atoms with van der Waals surface area (Å²) in [6, 6.07) is 11.6. The zero-order valence-corrected chi connectivity index (χ0v) is 18.1.